The summed E-state index contributed by atoms with van der Waals surface area (Å²) in [5.74, 6) is -0.280. The second-order valence-electron chi connectivity index (χ2n) is 8.79. The lowest BCUT2D eigenvalue weighted by atomic mass is 10.1. The van der Waals surface area contributed by atoms with Gasteiger partial charge < -0.3 is 25.2 Å². The molecule has 0 spiro atoms. The van der Waals surface area contributed by atoms with Crippen LogP contribution >= 0.6 is 11.6 Å². The van der Waals surface area contributed by atoms with E-state index in [0.717, 1.165) is 30.7 Å². The average molecular weight is 473 g/mol. The zero-order valence-electron chi connectivity index (χ0n) is 19.7. The van der Waals surface area contributed by atoms with Crippen LogP contribution < -0.4 is 15.5 Å². The third kappa shape index (κ3) is 6.85. The molecule has 1 heterocycles. The third-order valence-electron chi connectivity index (χ3n) is 5.45. The minimum atomic E-state index is -0.280. The molecule has 0 saturated carbocycles. The van der Waals surface area contributed by atoms with Crippen molar-refractivity contribution in [3.63, 3.8) is 0 Å². The highest BCUT2D eigenvalue weighted by Gasteiger charge is 2.24. The number of ether oxygens (including phenoxy) is 1. The Morgan fingerprint density at radius 3 is 2.58 bits per heavy atom. The van der Waals surface area contributed by atoms with E-state index in [9.17, 15) is 9.59 Å². The molecule has 0 radical (unpaired) electrons. The van der Waals surface area contributed by atoms with Gasteiger partial charge in [-0.2, -0.15) is 0 Å². The van der Waals surface area contributed by atoms with Crippen molar-refractivity contribution in [1.29, 1.82) is 0 Å². The quantitative estimate of drug-likeness (QED) is 0.581. The van der Waals surface area contributed by atoms with Gasteiger partial charge in [-0.05, 0) is 62.6 Å². The van der Waals surface area contributed by atoms with Gasteiger partial charge in [0, 0.05) is 51.2 Å². The van der Waals surface area contributed by atoms with Gasteiger partial charge in [-0.1, -0.05) is 23.7 Å². The maximum absolute atomic E-state index is 13.0. The highest BCUT2D eigenvalue weighted by atomic mass is 35.5. The molecule has 2 N–H and O–H groups in total. The number of carbonyl (C=O) groups excluding carboxylic acids is 2. The van der Waals surface area contributed by atoms with Gasteiger partial charge in [0.1, 0.15) is 0 Å². The van der Waals surface area contributed by atoms with Gasteiger partial charge in [0.15, 0.2) is 0 Å². The maximum Gasteiger partial charge on any atom is 0.317 e. The van der Waals surface area contributed by atoms with E-state index in [0.29, 0.717) is 29.4 Å². The smallest absolute Gasteiger partial charge is 0.317 e. The zero-order valence-corrected chi connectivity index (χ0v) is 20.5. The number of carbonyl (C=O) groups is 2. The van der Waals surface area contributed by atoms with Crippen molar-refractivity contribution in [3.8, 4) is 0 Å². The van der Waals surface area contributed by atoms with Crippen molar-refractivity contribution >= 4 is 34.9 Å². The van der Waals surface area contributed by atoms with Gasteiger partial charge in [0.25, 0.3) is 5.91 Å². The molecule has 0 aromatic heterocycles. The van der Waals surface area contributed by atoms with Crippen molar-refractivity contribution in [3.05, 3.63) is 58.6 Å². The number of amides is 3. The van der Waals surface area contributed by atoms with Crippen LogP contribution in [0.2, 0.25) is 5.02 Å². The molecule has 3 rings (SSSR count). The van der Waals surface area contributed by atoms with Crippen molar-refractivity contribution in [2.45, 2.75) is 45.4 Å². The number of hydrogen-bond acceptors (Lipinski definition) is 4. The Kier molecular flexibility index (Phi) is 8.58. The minimum absolute atomic E-state index is 0.0269. The van der Waals surface area contributed by atoms with E-state index in [4.69, 9.17) is 16.3 Å². The monoisotopic (exact) mass is 472 g/mol. The number of hydrogen-bond donors (Lipinski definition) is 2. The first-order valence-corrected chi connectivity index (χ1v) is 11.7. The first-order valence-electron chi connectivity index (χ1n) is 11.3. The van der Waals surface area contributed by atoms with Crippen LogP contribution in [0.4, 0.5) is 16.2 Å². The molecule has 0 unspecified atom stereocenters. The molecule has 0 bridgehead atoms. The summed E-state index contributed by atoms with van der Waals surface area (Å²) in [6.07, 6.45) is 1.99. The number of halogens is 1. The molecule has 3 amide bonds. The Balaban J connectivity index is 1.85. The fraction of sp³-hybridized carbons (Fsp3) is 0.440. The van der Waals surface area contributed by atoms with Crippen LogP contribution in [0.25, 0.3) is 0 Å². The number of nitrogens with one attached hydrogen (secondary N) is 2. The van der Waals surface area contributed by atoms with Crippen molar-refractivity contribution in [2.24, 2.45) is 0 Å². The predicted molar refractivity (Wildman–Crippen MR) is 133 cm³/mol. The fourth-order valence-corrected chi connectivity index (χ4v) is 4.09. The van der Waals surface area contributed by atoms with E-state index < -0.39 is 0 Å². The molecular formula is C25H33ClN4O3. The SMILES string of the molecule is CC(C)NC(=O)N(Cc1cc(NC(=O)c2ccccc2Cl)ccc1N(C)C)C[C@@H]1CCCO1. The van der Waals surface area contributed by atoms with Crippen LogP contribution in [0, 0.1) is 0 Å². The van der Waals surface area contributed by atoms with Crippen LogP contribution in [0.3, 0.4) is 0 Å². The molecule has 1 aliphatic rings. The van der Waals surface area contributed by atoms with Crippen molar-refractivity contribution in [1.82, 2.24) is 10.2 Å². The molecule has 2 aromatic carbocycles. The summed E-state index contributed by atoms with van der Waals surface area (Å²) in [6, 6.07) is 12.5. The Morgan fingerprint density at radius 2 is 1.94 bits per heavy atom. The second-order valence-corrected chi connectivity index (χ2v) is 9.20. The average Bonchev–Trinajstić information content (AvgIpc) is 3.26. The number of anilines is 2. The van der Waals surface area contributed by atoms with Crippen LogP contribution in [0.1, 0.15) is 42.6 Å². The van der Waals surface area contributed by atoms with Gasteiger partial charge >= 0.3 is 6.03 Å². The first kappa shape index (κ1) is 24.9. The molecule has 1 aliphatic heterocycles. The van der Waals surface area contributed by atoms with E-state index >= 15 is 0 Å². The van der Waals surface area contributed by atoms with E-state index in [1.54, 1.807) is 29.2 Å². The van der Waals surface area contributed by atoms with Crippen LogP contribution in [-0.4, -0.2) is 56.2 Å². The summed E-state index contributed by atoms with van der Waals surface area (Å²) in [5, 5.41) is 6.32. The lowest BCUT2D eigenvalue weighted by Gasteiger charge is -2.29. The van der Waals surface area contributed by atoms with Crippen LogP contribution in [0.15, 0.2) is 42.5 Å². The molecule has 33 heavy (non-hydrogen) atoms. The van der Waals surface area contributed by atoms with Crippen LogP contribution in [0.5, 0.6) is 0 Å². The lowest BCUT2D eigenvalue weighted by molar-refractivity contribution is 0.0791. The van der Waals surface area contributed by atoms with Gasteiger partial charge in [-0.25, -0.2) is 4.79 Å². The largest absolute Gasteiger partial charge is 0.377 e. The molecule has 8 heteroatoms. The highest BCUT2D eigenvalue weighted by molar-refractivity contribution is 6.34. The molecule has 0 aliphatic carbocycles. The Labute approximate surface area is 201 Å². The molecule has 1 fully saturated rings. The van der Waals surface area contributed by atoms with E-state index in [2.05, 4.69) is 10.6 Å². The molecular weight excluding hydrogens is 440 g/mol. The fourth-order valence-electron chi connectivity index (χ4n) is 3.87. The molecule has 2 aromatic rings. The van der Waals surface area contributed by atoms with E-state index in [-0.39, 0.29) is 24.1 Å². The summed E-state index contributed by atoms with van der Waals surface area (Å²) >= 11 is 6.18. The summed E-state index contributed by atoms with van der Waals surface area (Å²) in [4.78, 5) is 29.5. The summed E-state index contributed by atoms with van der Waals surface area (Å²) in [5.41, 5.74) is 2.95. The maximum atomic E-state index is 13.0. The first-order chi connectivity index (χ1) is 15.7. The summed E-state index contributed by atoms with van der Waals surface area (Å²) in [7, 11) is 3.92. The topological polar surface area (TPSA) is 73.9 Å². The Hall–Kier alpha value is -2.77. The third-order valence-corrected chi connectivity index (χ3v) is 5.78. The molecule has 178 valence electrons. The predicted octanol–water partition coefficient (Wildman–Crippen LogP) is 4.76. The second kappa shape index (κ2) is 11.4. The lowest BCUT2D eigenvalue weighted by Crippen LogP contribution is -2.45. The van der Waals surface area contributed by atoms with Gasteiger partial charge in [0.05, 0.1) is 16.7 Å². The van der Waals surface area contributed by atoms with E-state index in [1.807, 2.05) is 51.0 Å². The summed E-state index contributed by atoms with van der Waals surface area (Å²) in [6.45, 7) is 5.52. The number of rotatable bonds is 8. The summed E-state index contributed by atoms with van der Waals surface area (Å²) < 4.78 is 5.79. The van der Waals surface area contributed by atoms with Gasteiger partial charge in [0.2, 0.25) is 0 Å². The number of benzene rings is 2. The molecule has 1 saturated heterocycles. The van der Waals surface area contributed by atoms with E-state index in [1.165, 1.54) is 0 Å². The molecule has 1 atom stereocenters. The van der Waals surface area contributed by atoms with Crippen molar-refractivity contribution < 1.29 is 14.3 Å². The highest BCUT2D eigenvalue weighted by Crippen LogP contribution is 2.26. The number of urea groups is 1. The Bertz CT molecular complexity index is 974. The molecule has 7 nitrogen and oxygen atoms in total. The Morgan fingerprint density at radius 1 is 1.18 bits per heavy atom. The zero-order chi connectivity index (χ0) is 24.0. The van der Waals surface area contributed by atoms with Gasteiger partial charge in [-0.15, -0.1) is 0 Å². The number of nitrogens with zero attached hydrogens (tertiary/aromatic N) is 2. The minimum Gasteiger partial charge on any atom is -0.377 e. The van der Waals surface area contributed by atoms with Crippen molar-refractivity contribution in [2.75, 3.05) is 37.5 Å². The van der Waals surface area contributed by atoms with Crippen LogP contribution in [-0.2, 0) is 11.3 Å². The standard InChI is InChI=1S/C25H33ClN4O3/c1-17(2)27-25(32)30(16-20-8-7-13-33-20)15-18-14-19(11-12-23(18)29(3)4)28-24(31)21-9-5-6-10-22(21)26/h5-6,9-12,14,17,20H,7-8,13,15-16H2,1-4H3,(H,27,32)(H,28,31)/t20-/m0/s1. The normalized spacial score (nSPS) is 15.4. The van der Waals surface area contributed by atoms with Gasteiger partial charge in [-0.3, -0.25) is 4.79 Å².